The fourth-order valence-electron chi connectivity index (χ4n) is 3.89. The smallest absolute Gasteiger partial charge is 0.161 e. The summed E-state index contributed by atoms with van der Waals surface area (Å²) < 4.78 is 17.5. The van der Waals surface area contributed by atoms with Crippen molar-refractivity contribution in [3.8, 4) is 17.2 Å². The number of hydrogen-bond acceptors (Lipinski definition) is 5. The zero-order valence-corrected chi connectivity index (χ0v) is 18.6. The standard InChI is InChI=1S/C24H34N2O3/c1-16-12-20(21(27-5)13-17(16)2)24-19-15-23(29-11-7-10-26(3)4)22(28-6)14-18(19)8-9-25-24/h12-15,24-25H,7-11H2,1-6H3. The Bertz CT molecular complexity index is 849. The van der Waals surface area contributed by atoms with Gasteiger partial charge in [0.15, 0.2) is 11.5 Å². The third kappa shape index (κ3) is 4.85. The molecule has 29 heavy (non-hydrogen) atoms. The predicted molar refractivity (Wildman–Crippen MR) is 118 cm³/mol. The summed E-state index contributed by atoms with van der Waals surface area (Å²) in [6, 6.07) is 8.72. The SMILES string of the molecule is COc1cc2c(cc1OCCCN(C)C)C(c1cc(C)c(C)cc1OC)NCC2. The van der Waals surface area contributed by atoms with Crippen LogP contribution in [0.15, 0.2) is 24.3 Å². The highest BCUT2D eigenvalue weighted by atomic mass is 16.5. The van der Waals surface area contributed by atoms with E-state index < -0.39 is 0 Å². The molecule has 5 heteroatoms. The molecule has 0 aromatic heterocycles. The topological polar surface area (TPSA) is 43.0 Å². The number of nitrogens with one attached hydrogen (secondary N) is 1. The molecule has 3 rings (SSSR count). The lowest BCUT2D eigenvalue weighted by atomic mass is 9.87. The normalized spacial score (nSPS) is 15.9. The number of nitrogens with zero attached hydrogens (tertiary/aromatic N) is 1. The molecule has 1 unspecified atom stereocenters. The van der Waals surface area contributed by atoms with Gasteiger partial charge in [0, 0.05) is 18.7 Å². The van der Waals surface area contributed by atoms with Crippen LogP contribution in [0, 0.1) is 13.8 Å². The average molecular weight is 399 g/mol. The minimum absolute atomic E-state index is 0.0723. The Labute approximate surface area is 175 Å². The van der Waals surface area contributed by atoms with Crippen LogP contribution in [-0.4, -0.2) is 52.9 Å². The van der Waals surface area contributed by atoms with Crippen LogP contribution in [0.2, 0.25) is 0 Å². The number of methoxy groups -OCH3 is 2. The van der Waals surface area contributed by atoms with Gasteiger partial charge in [-0.1, -0.05) is 6.07 Å². The maximum Gasteiger partial charge on any atom is 0.161 e. The largest absolute Gasteiger partial charge is 0.496 e. The summed E-state index contributed by atoms with van der Waals surface area (Å²) in [4.78, 5) is 2.17. The van der Waals surface area contributed by atoms with Crippen molar-refractivity contribution in [1.29, 1.82) is 0 Å². The lowest BCUT2D eigenvalue weighted by molar-refractivity contribution is 0.267. The average Bonchev–Trinajstić information content (AvgIpc) is 2.71. The second-order valence-corrected chi connectivity index (χ2v) is 8.02. The van der Waals surface area contributed by atoms with Crippen molar-refractivity contribution in [3.63, 3.8) is 0 Å². The van der Waals surface area contributed by atoms with Gasteiger partial charge in [0.05, 0.1) is 26.9 Å². The third-order valence-electron chi connectivity index (χ3n) is 5.64. The summed E-state index contributed by atoms with van der Waals surface area (Å²) >= 11 is 0. The molecule has 0 amide bonds. The van der Waals surface area contributed by atoms with E-state index in [0.29, 0.717) is 6.61 Å². The first-order valence-electron chi connectivity index (χ1n) is 10.3. The molecular weight excluding hydrogens is 364 g/mol. The second-order valence-electron chi connectivity index (χ2n) is 8.02. The number of aryl methyl sites for hydroxylation is 2. The van der Waals surface area contributed by atoms with Gasteiger partial charge in [-0.25, -0.2) is 0 Å². The predicted octanol–water partition coefficient (Wildman–Crippen LogP) is 3.89. The Hall–Kier alpha value is -2.24. The van der Waals surface area contributed by atoms with E-state index in [2.05, 4.69) is 62.4 Å². The molecule has 0 aliphatic carbocycles. The van der Waals surface area contributed by atoms with E-state index in [1.165, 1.54) is 27.8 Å². The Kier molecular flexibility index (Phi) is 7.04. The van der Waals surface area contributed by atoms with Crippen molar-refractivity contribution in [3.05, 3.63) is 52.1 Å². The van der Waals surface area contributed by atoms with Crippen LogP contribution in [0.3, 0.4) is 0 Å². The highest BCUT2D eigenvalue weighted by Gasteiger charge is 2.26. The summed E-state index contributed by atoms with van der Waals surface area (Å²) in [6.07, 6.45) is 1.94. The van der Waals surface area contributed by atoms with E-state index in [0.717, 1.165) is 43.2 Å². The Morgan fingerprint density at radius 1 is 0.931 bits per heavy atom. The Morgan fingerprint density at radius 2 is 1.66 bits per heavy atom. The van der Waals surface area contributed by atoms with Gasteiger partial charge in [0.1, 0.15) is 5.75 Å². The van der Waals surface area contributed by atoms with E-state index in [-0.39, 0.29) is 6.04 Å². The van der Waals surface area contributed by atoms with E-state index in [9.17, 15) is 0 Å². The summed E-state index contributed by atoms with van der Waals surface area (Å²) in [5.41, 5.74) is 6.21. The van der Waals surface area contributed by atoms with E-state index >= 15 is 0 Å². The van der Waals surface area contributed by atoms with Gasteiger partial charge >= 0.3 is 0 Å². The van der Waals surface area contributed by atoms with Gasteiger partial charge in [-0.3, -0.25) is 0 Å². The number of fused-ring (bicyclic) bond motifs is 1. The maximum absolute atomic E-state index is 6.12. The van der Waals surface area contributed by atoms with E-state index in [1.54, 1.807) is 14.2 Å². The van der Waals surface area contributed by atoms with Crippen molar-refractivity contribution < 1.29 is 14.2 Å². The molecule has 2 aromatic rings. The van der Waals surface area contributed by atoms with Crippen LogP contribution in [0.1, 0.15) is 40.3 Å². The Morgan fingerprint density at radius 3 is 2.34 bits per heavy atom. The molecule has 0 bridgehead atoms. The molecule has 2 aromatic carbocycles. The number of rotatable bonds is 8. The number of ether oxygens (including phenoxy) is 3. The fourth-order valence-corrected chi connectivity index (χ4v) is 3.89. The monoisotopic (exact) mass is 398 g/mol. The molecule has 1 aliphatic rings. The highest BCUT2D eigenvalue weighted by Crippen LogP contribution is 2.40. The number of hydrogen-bond donors (Lipinski definition) is 1. The Balaban J connectivity index is 1.96. The molecule has 0 radical (unpaired) electrons. The van der Waals surface area contributed by atoms with Crippen molar-refractivity contribution >= 4 is 0 Å². The summed E-state index contributed by atoms with van der Waals surface area (Å²) in [7, 11) is 7.60. The summed E-state index contributed by atoms with van der Waals surface area (Å²) in [6.45, 7) is 6.85. The van der Waals surface area contributed by atoms with Gasteiger partial charge in [0.2, 0.25) is 0 Å². The van der Waals surface area contributed by atoms with Gasteiger partial charge in [0.25, 0.3) is 0 Å². The zero-order chi connectivity index (χ0) is 21.0. The fraction of sp³-hybridized carbons (Fsp3) is 0.500. The molecule has 0 spiro atoms. The van der Waals surface area contributed by atoms with Crippen LogP contribution in [0.5, 0.6) is 17.2 Å². The first-order valence-corrected chi connectivity index (χ1v) is 10.3. The molecule has 1 aliphatic heterocycles. The summed E-state index contributed by atoms with van der Waals surface area (Å²) in [5.74, 6) is 2.53. The van der Waals surface area contributed by atoms with Crippen LogP contribution in [0.4, 0.5) is 0 Å². The van der Waals surface area contributed by atoms with Crippen molar-refractivity contribution in [2.24, 2.45) is 0 Å². The van der Waals surface area contributed by atoms with E-state index in [4.69, 9.17) is 14.2 Å². The molecule has 0 saturated carbocycles. The van der Waals surface area contributed by atoms with Gasteiger partial charge < -0.3 is 24.4 Å². The lowest BCUT2D eigenvalue weighted by Gasteiger charge is -2.30. The molecule has 5 nitrogen and oxygen atoms in total. The third-order valence-corrected chi connectivity index (χ3v) is 5.64. The number of benzene rings is 2. The second kappa shape index (κ2) is 9.51. The summed E-state index contributed by atoms with van der Waals surface area (Å²) in [5, 5.41) is 3.68. The van der Waals surface area contributed by atoms with Gasteiger partial charge in [-0.05, 0) is 81.2 Å². The first kappa shape index (κ1) is 21.5. The first-order chi connectivity index (χ1) is 13.9. The zero-order valence-electron chi connectivity index (χ0n) is 18.6. The van der Waals surface area contributed by atoms with Crippen molar-refractivity contribution in [1.82, 2.24) is 10.2 Å². The molecule has 1 heterocycles. The minimum atomic E-state index is 0.0723. The van der Waals surface area contributed by atoms with Gasteiger partial charge in [-0.2, -0.15) is 0 Å². The maximum atomic E-state index is 6.12. The minimum Gasteiger partial charge on any atom is -0.496 e. The molecular formula is C24H34N2O3. The lowest BCUT2D eigenvalue weighted by Crippen LogP contribution is -2.31. The molecule has 0 fully saturated rings. The quantitative estimate of drug-likeness (QED) is 0.684. The van der Waals surface area contributed by atoms with Crippen LogP contribution in [0.25, 0.3) is 0 Å². The molecule has 1 N–H and O–H groups in total. The molecule has 158 valence electrons. The van der Waals surface area contributed by atoms with Gasteiger partial charge in [-0.15, -0.1) is 0 Å². The van der Waals surface area contributed by atoms with Crippen LogP contribution in [-0.2, 0) is 6.42 Å². The molecule has 1 atom stereocenters. The highest BCUT2D eigenvalue weighted by molar-refractivity contribution is 5.54. The van der Waals surface area contributed by atoms with Crippen molar-refractivity contribution in [2.75, 3.05) is 48.0 Å². The van der Waals surface area contributed by atoms with E-state index in [1.807, 2.05) is 0 Å². The van der Waals surface area contributed by atoms with Crippen LogP contribution >= 0.6 is 0 Å². The van der Waals surface area contributed by atoms with Crippen LogP contribution < -0.4 is 19.5 Å². The van der Waals surface area contributed by atoms with Crippen molar-refractivity contribution in [2.45, 2.75) is 32.7 Å². The molecule has 0 saturated heterocycles.